The van der Waals surface area contributed by atoms with Crippen molar-refractivity contribution in [3.05, 3.63) is 84.4 Å². The highest BCUT2D eigenvalue weighted by Gasteiger charge is 2.26. The molecule has 5 rings (SSSR count). The standard InChI is InChI=1S/C36H41N5O5/c1-35(2,3)45-33(43)39-29-16-12-25(24-10-8-7-9-11-24)23-30(29)38-32(42)27-13-15-28-26(22-27)14-17-31(37-28)40-18-20-41(21-19-40)34(44)46-36(4,5)6/h7-17,22-23H,18-21H2,1-6H3,(H,38,42)(H,39,43). The Hall–Kier alpha value is -5.12. The lowest BCUT2D eigenvalue weighted by Crippen LogP contribution is -2.50. The summed E-state index contributed by atoms with van der Waals surface area (Å²) in [6.07, 6.45) is -0.918. The third-order valence-electron chi connectivity index (χ3n) is 7.20. The van der Waals surface area contributed by atoms with Crippen LogP contribution < -0.4 is 15.5 Å². The van der Waals surface area contributed by atoms with Crippen molar-refractivity contribution in [2.45, 2.75) is 52.7 Å². The van der Waals surface area contributed by atoms with Crippen LogP contribution in [0, 0.1) is 0 Å². The van der Waals surface area contributed by atoms with Crippen molar-refractivity contribution >= 4 is 46.2 Å². The number of fused-ring (bicyclic) bond motifs is 1. The average Bonchev–Trinajstić information content (AvgIpc) is 3.00. The van der Waals surface area contributed by atoms with E-state index in [4.69, 9.17) is 14.5 Å². The number of anilines is 3. The van der Waals surface area contributed by atoms with Crippen molar-refractivity contribution in [1.82, 2.24) is 9.88 Å². The number of benzene rings is 3. The number of carbonyl (C=O) groups is 3. The van der Waals surface area contributed by atoms with Crippen molar-refractivity contribution in [3.8, 4) is 11.1 Å². The number of hydrogen-bond donors (Lipinski definition) is 2. The summed E-state index contributed by atoms with van der Waals surface area (Å²) >= 11 is 0. The molecule has 1 aliphatic heterocycles. The summed E-state index contributed by atoms with van der Waals surface area (Å²) in [5.74, 6) is 0.478. The molecule has 10 nitrogen and oxygen atoms in total. The number of rotatable bonds is 5. The van der Waals surface area contributed by atoms with Crippen LogP contribution in [0.1, 0.15) is 51.9 Å². The molecule has 3 aromatic carbocycles. The minimum absolute atomic E-state index is 0.302. The Bertz CT molecular complexity index is 1740. The number of carbonyl (C=O) groups excluding carboxylic acids is 3. The van der Waals surface area contributed by atoms with Gasteiger partial charge in [-0.15, -0.1) is 0 Å². The Kier molecular flexibility index (Phi) is 9.18. The summed E-state index contributed by atoms with van der Waals surface area (Å²) in [4.78, 5) is 47.3. The van der Waals surface area contributed by atoms with Gasteiger partial charge in [-0.25, -0.2) is 14.6 Å². The first kappa shape index (κ1) is 32.3. The third kappa shape index (κ3) is 8.32. The molecule has 1 aromatic heterocycles. The van der Waals surface area contributed by atoms with Gasteiger partial charge in [0.05, 0.1) is 16.9 Å². The van der Waals surface area contributed by atoms with E-state index >= 15 is 0 Å². The van der Waals surface area contributed by atoms with Gasteiger partial charge in [0.25, 0.3) is 5.91 Å². The topological polar surface area (TPSA) is 113 Å². The second kappa shape index (κ2) is 13.1. The van der Waals surface area contributed by atoms with E-state index in [2.05, 4.69) is 15.5 Å². The first-order valence-corrected chi connectivity index (χ1v) is 15.4. The van der Waals surface area contributed by atoms with Gasteiger partial charge in [-0.05, 0) is 95.1 Å². The Balaban J connectivity index is 1.32. The zero-order chi connectivity index (χ0) is 33.1. The summed E-state index contributed by atoms with van der Waals surface area (Å²) in [6, 6.07) is 24.5. The van der Waals surface area contributed by atoms with Gasteiger partial charge in [-0.1, -0.05) is 36.4 Å². The summed E-state index contributed by atoms with van der Waals surface area (Å²) < 4.78 is 10.9. The Morgan fingerprint density at radius 3 is 2.07 bits per heavy atom. The first-order valence-electron chi connectivity index (χ1n) is 15.4. The van der Waals surface area contributed by atoms with Crippen molar-refractivity contribution < 1.29 is 23.9 Å². The first-order chi connectivity index (χ1) is 21.7. The Morgan fingerprint density at radius 2 is 1.39 bits per heavy atom. The minimum atomic E-state index is -0.676. The highest BCUT2D eigenvalue weighted by Crippen LogP contribution is 2.31. The molecule has 0 bridgehead atoms. The maximum absolute atomic E-state index is 13.5. The van der Waals surface area contributed by atoms with Crippen molar-refractivity contribution in [3.63, 3.8) is 0 Å². The molecule has 0 aliphatic carbocycles. The lowest BCUT2D eigenvalue weighted by molar-refractivity contribution is 0.0240. The van der Waals surface area contributed by atoms with Crippen LogP contribution in [-0.4, -0.2) is 65.4 Å². The quantitative estimate of drug-likeness (QED) is 0.236. The Morgan fingerprint density at radius 1 is 0.696 bits per heavy atom. The molecule has 0 unspecified atom stereocenters. The molecule has 0 spiro atoms. The van der Waals surface area contributed by atoms with Gasteiger partial charge >= 0.3 is 12.2 Å². The van der Waals surface area contributed by atoms with Gasteiger partial charge in [-0.2, -0.15) is 0 Å². The largest absolute Gasteiger partial charge is 0.444 e. The highest BCUT2D eigenvalue weighted by molar-refractivity contribution is 6.09. The normalized spacial score (nSPS) is 13.7. The zero-order valence-corrected chi connectivity index (χ0v) is 27.2. The minimum Gasteiger partial charge on any atom is -0.444 e. The molecule has 1 fully saturated rings. The summed E-state index contributed by atoms with van der Waals surface area (Å²) in [7, 11) is 0. The van der Waals surface area contributed by atoms with E-state index in [-0.39, 0.29) is 12.0 Å². The molecule has 10 heteroatoms. The van der Waals surface area contributed by atoms with Gasteiger partial charge in [0, 0.05) is 37.1 Å². The van der Waals surface area contributed by atoms with E-state index in [0.29, 0.717) is 43.1 Å². The van der Waals surface area contributed by atoms with Gasteiger partial charge in [0.15, 0.2) is 0 Å². The van der Waals surface area contributed by atoms with E-state index in [1.54, 1.807) is 43.9 Å². The highest BCUT2D eigenvalue weighted by atomic mass is 16.6. The predicted octanol–water partition coefficient (Wildman–Crippen LogP) is 7.56. The molecule has 3 amide bonds. The van der Waals surface area contributed by atoms with Gasteiger partial charge in [0.2, 0.25) is 0 Å². The number of aromatic nitrogens is 1. The zero-order valence-electron chi connectivity index (χ0n) is 27.2. The Labute approximate surface area is 269 Å². The number of hydrogen-bond acceptors (Lipinski definition) is 7. The summed E-state index contributed by atoms with van der Waals surface area (Å²) in [6.45, 7) is 13.3. The molecule has 1 aliphatic rings. The average molecular weight is 624 g/mol. The smallest absolute Gasteiger partial charge is 0.412 e. The van der Waals surface area contributed by atoms with Crippen molar-refractivity contribution in [2.75, 3.05) is 41.7 Å². The van der Waals surface area contributed by atoms with Crippen LogP contribution in [0.3, 0.4) is 0 Å². The summed E-state index contributed by atoms with van der Waals surface area (Å²) in [5.41, 5.74) is 2.70. The fraction of sp³-hybridized carbons (Fsp3) is 0.333. The van der Waals surface area contributed by atoms with Crippen LogP contribution in [-0.2, 0) is 9.47 Å². The molecule has 240 valence electrons. The number of pyridine rings is 1. The lowest BCUT2D eigenvalue weighted by Gasteiger charge is -2.36. The van der Waals surface area contributed by atoms with Gasteiger partial charge in [0.1, 0.15) is 17.0 Å². The van der Waals surface area contributed by atoms with Gasteiger partial charge < -0.3 is 24.6 Å². The van der Waals surface area contributed by atoms with Crippen molar-refractivity contribution in [2.24, 2.45) is 0 Å². The number of ether oxygens (including phenoxy) is 2. The second-order valence-corrected chi connectivity index (χ2v) is 13.2. The molecule has 46 heavy (non-hydrogen) atoms. The molecular weight excluding hydrogens is 582 g/mol. The fourth-order valence-corrected chi connectivity index (χ4v) is 5.05. The molecule has 2 heterocycles. The SMILES string of the molecule is CC(C)(C)OC(=O)Nc1ccc(-c2ccccc2)cc1NC(=O)c1ccc2nc(N3CCN(C(=O)OC(C)(C)C)CC3)ccc2c1. The fourth-order valence-electron chi connectivity index (χ4n) is 5.05. The van der Waals surface area contributed by atoms with Crippen LogP contribution in [0.15, 0.2) is 78.9 Å². The summed E-state index contributed by atoms with van der Waals surface area (Å²) in [5, 5.41) is 6.56. The lowest BCUT2D eigenvalue weighted by atomic mass is 10.0. The molecule has 2 N–H and O–H groups in total. The van der Waals surface area contributed by atoms with E-state index in [9.17, 15) is 14.4 Å². The maximum atomic E-state index is 13.5. The van der Waals surface area contributed by atoms with Crippen LogP contribution in [0.2, 0.25) is 0 Å². The number of piperazine rings is 1. The number of nitrogens with zero attached hydrogens (tertiary/aromatic N) is 3. The predicted molar refractivity (Wildman–Crippen MR) is 181 cm³/mol. The molecule has 0 radical (unpaired) electrons. The maximum Gasteiger partial charge on any atom is 0.412 e. The molecule has 0 saturated carbocycles. The molecule has 1 saturated heterocycles. The van der Waals surface area contributed by atoms with E-state index in [1.807, 2.05) is 81.4 Å². The van der Waals surface area contributed by atoms with Crippen LogP contribution in [0.4, 0.5) is 26.8 Å². The molecule has 0 atom stereocenters. The van der Waals surface area contributed by atoms with Gasteiger partial charge in [-0.3, -0.25) is 10.1 Å². The van der Waals surface area contributed by atoms with Crippen molar-refractivity contribution in [1.29, 1.82) is 0 Å². The van der Waals surface area contributed by atoms with Crippen LogP contribution >= 0.6 is 0 Å². The van der Waals surface area contributed by atoms with Crippen LogP contribution in [0.25, 0.3) is 22.0 Å². The van der Waals surface area contributed by atoms with E-state index in [0.717, 1.165) is 27.8 Å². The molecule has 4 aromatic rings. The van der Waals surface area contributed by atoms with E-state index in [1.165, 1.54) is 0 Å². The van der Waals surface area contributed by atoms with E-state index < -0.39 is 17.3 Å². The van der Waals surface area contributed by atoms with Crippen LogP contribution in [0.5, 0.6) is 0 Å². The monoisotopic (exact) mass is 623 g/mol. The number of nitrogens with one attached hydrogen (secondary N) is 2. The second-order valence-electron chi connectivity index (χ2n) is 13.2. The third-order valence-corrected chi connectivity index (χ3v) is 7.20. The molecular formula is C36H41N5O5. The number of amides is 3.